The summed E-state index contributed by atoms with van der Waals surface area (Å²) >= 11 is 0. The molecule has 0 bridgehead atoms. The molecule has 26 heteroatoms. The van der Waals surface area contributed by atoms with E-state index in [4.69, 9.17) is 4.74 Å². The van der Waals surface area contributed by atoms with Crippen LogP contribution in [-0.2, 0) is 9.53 Å². The molecule has 9 nitrogen and oxygen atoms in total. The number of unbranched alkanes of at least 4 members (excludes halogenated alkanes) is 6. The molecule has 2 heterocycles. The lowest BCUT2D eigenvalue weighted by Gasteiger charge is -2.44. The summed E-state index contributed by atoms with van der Waals surface area (Å²) in [4.78, 5) is 24.8. The van der Waals surface area contributed by atoms with E-state index in [9.17, 15) is 99.5 Å². The summed E-state index contributed by atoms with van der Waals surface area (Å²) in [6, 6.07) is -0.858. The van der Waals surface area contributed by atoms with Gasteiger partial charge in [0.1, 0.15) is 31.1 Å². The number of carbonyl (C=O) groups excluding carboxylic acids is 2. The number of rotatable bonds is 20. The zero-order chi connectivity index (χ0) is 41.2. The van der Waals surface area contributed by atoms with Gasteiger partial charge in [-0.15, -0.1) is 0 Å². The fourth-order valence-electron chi connectivity index (χ4n) is 5.35. The number of carbonyl (C=O) groups is 2. The third kappa shape index (κ3) is 8.63. The topological polar surface area (TPSA) is 131 Å². The van der Waals surface area contributed by atoms with Crippen molar-refractivity contribution in [2.75, 3.05) is 19.7 Å². The number of amides is 2. The molecular formula is C27H34F17N3O6. The minimum absolute atomic E-state index is 0.122. The molecule has 0 spiro atoms. The van der Waals surface area contributed by atoms with Crippen LogP contribution >= 0.6 is 0 Å². The van der Waals surface area contributed by atoms with Gasteiger partial charge in [0.05, 0.1) is 6.04 Å². The number of hydrogen-bond acceptors (Lipinski definition) is 7. The quantitative estimate of drug-likeness (QED) is 0.0816. The van der Waals surface area contributed by atoms with Gasteiger partial charge in [0.15, 0.2) is 0 Å². The molecular weight excluding hydrogens is 785 g/mol. The first-order valence-electron chi connectivity index (χ1n) is 15.6. The van der Waals surface area contributed by atoms with E-state index in [0.717, 1.165) is 4.90 Å². The maximum atomic E-state index is 14.0. The van der Waals surface area contributed by atoms with Crippen molar-refractivity contribution in [3.8, 4) is 0 Å². The normalized spacial score (nSPS) is 24.0. The van der Waals surface area contributed by atoms with Crippen molar-refractivity contribution >= 4 is 12.0 Å². The molecule has 0 aromatic rings. The van der Waals surface area contributed by atoms with Crippen LogP contribution in [0.1, 0.15) is 57.8 Å². The van der Waals surface area contributed by atoms with Crippen LogP contribution in [0.3, 0.4) is 0 Å². The lowest BCUT2D eigenvalue weighted by molar-refractivity contribution is -0.461. The number of hydrogen-bond donors (Lipinski definition) is 5. The molecule has 53 heavy (non-hydrogen) atoms. The van der Waals surface area contributed by atoms with Gasteiger partial charge in [-0.1, -0.05) is 32.1 Å². The first-order chi connectivity index (χ1) is 23.9. The fourth-order valence-corrected chi connectivity index (χ4v) is 5.35. The van der Waals surface area contributed by atoms with Crippen LogP contribution in [0.15, 0.2) is 0 Å². The van der Waals surface area contributed by atoms with Gasteiger partial charge in [-0.25, -0.2) is 4.79 Å². The highest BCUT2D eigenvalue weighted by Gasteiger charge is 2.95. The van der Waals surface area contributed by atoms with E-state index in [1.54, 1.807) is 0 Å². The van der Waals surface area contributed by atoms with Crippen molar-refractivity contribution in [1.29, 1.82) is 0 Å². The summed E-state index contributed by atoms with van der Waals surface area (Å²) < 4.78 is 232. The Balaban J connectivity index is 1.77. The number of cyclic esters (lactones) is 1. The highest BCUT2D eigenvalue weighted by atomic mass is 19.4. The molecule has 5 N–H and O–H groups in total. The maximum Gasteiger partial charge on any atom is 0.460 e. The Kier molecular flexibility index (Phi) is 14.3. The molecule has 2 saturated heterocycles. The van der Waals surface area contributed by atoms with Crippen molar-refractivity contribution in [3.05, 3.63) is 0 Å². The summed E-state index contributed by atoms with van der Waals surface area (Å²) in [5.74, 6) is -58.6. The second kappa shape index (κ2) is 16.2. The number of fused-ring (bicyclic) bond motifs is 1. The molecule has 0 saturated carbocycles. The fraction of sp³-hybridized carbons (Fsp3) is 0.926. The molecule has 2 rings (SSSR count). The van der Waals surface area contributed by atoms with E-state index >= 15 is 0 Å². The van der Waals surface area contributed by atoms with E-state index in [0.29, 0.717) is 38.5 Å². The highest BCUT2D eigenvalue weighted by molar-refractivity contribution is 5.75. The largest absolute Gasteiger partial charge is 0.460 e. The summed E-state index contributed by atoms with van der Waals surface area (Å²) in [7, 11) is 0. The number of aliphatic hydroxyl groups excluding tert-OH is 3. The van der Waals surface area contributed by atoms with Crippen LogP contribution in [-0.4, -0.2) is 130 Å². The minimum atomic E-state index is -8.70. The molecule has 0 radical (unpaired) electrons. The Bertz CT molecular complexity index is 1260. The molecule has 2 aliphatic heterocycles. The van der Waals surface area contributed by atoms with Gasteiger partial charge in [-0.05, 0) is 19.4 Å². The molecule has 2 amide bonds. The van der Waals surface area contributed by atoms with Crippen LogP contribution in [0.4, 0.5) is 79.4 Å². The number of nitrogens with one attached hydrogen (secondary N) is 2. The number of alkyl halides is 17. The molecule has 0 aliphatic carbocycles. The van der Waals surface area contributed by atoms with Gasteiger partial charge in [0, 0.05) is 19.4 Å². The Hall–Kier alpha value is -2.61. The molecule has 2 aliphatic rings. The lowest BCUT2D eigenvalue weighted by Crippen LogP contribution is -2.74. The number of piperidine rings is 1. The standard InChI is InChI=1S/C27H34F17N3O6/c28-20(29,21(30,31)22(32,33)23(34,35)24(36,37)25(38,39)26(40,41)27(42,43)44)9-8-14(48)45-10-6-4-2-1-3-5-7-11-46-18-17(51)16(50)15(49)13-12-53-19(52)47(13)18/h13,15-18,46,49-51H,1-12H2,(H,45,48)/t13-,15-,16+,17-,18+/m1/s1. The number of aliphatic hydroxyl groups is 3. The van der Waals surface area contributed by atoms with Crippen molar-refractivity contribution < 1.29 is 104 Å². The molecule has 0 unspecified atom stereocenters. The smallest absolute Gasteiger partial charge is 0.447 e. The van der Waals surface area contributed by atoms with Gasteiger partial charge >= 0.3 is 53.7 Å². The summed E-state index contributed by atoms with van der Waals surface area (Å²) in [6.45, 7) is -0.235. The van der Waals surface area contributed by atoms with Crippen LogP contribution in [0, 0.1) is 0 Å². The van der Waals surface area contributed by atoms with E-state index in [2.05, 4.69) is 5.32 Å². The second-order valence-electron chi connectivity index (χ2n) is 12.4. The molecule has 2 fully saturated rings. The van der Waals surface area contributed by atoms with Crippen molar-refractivity contribution in [3.63, 3.8) is 0 Å². The summed E-state index contributed by atoms with van der Waals surface area (Å²) in [5.41, 5.74) is 0. The Morgan fingerprint density at radius 2 is 1.06 bits per heavy atom. The zero-order valence-electron chi connectivity index (χ0n) is 26.8. The van der Waals surface area contributed by atoms with Crippen LogP contribution in [0.2, 0.25) is 0 Å². The van der Waals surface area contributed by atoms with Gasteiger partial charge in [-0.3, -0.25) is 15.0 Å². The minimum Gasteiger partial charge on any atom is -0.447 e. The van der Waals surface area contributed by atoms with E-state index in [1.807, 2.05) is 5.32 Å². The summed E-state index contributed by atoms with van der Waals surface area (Å²) in [6.07, 6.45) is -15.4. The average Bonchev–Trinajstić information content (AvgIpc) is 3.42. The van der Waals surface area contributed by atoms with E-state index in [-0.39, 0.29) is 26.1 Å². The number of halogens is 17. The second-order valence-corrected chi connectivity index (χ2v) is 12.4. The van der Waals surface area contributed by atoms with E-state index < -0.39 is 103 Å². The van der Waals surface area contributed by atoms with Gasteiger partial charge in [0.2, 0.25) is 5.91 Å². The van der Waals surface area contributed by atoms with Crippen molar-refractivity contribution in [2.24, 2.45) is 0 Å². The Morgan fingerprint density at radius 1 is 0.623 bits per heavy atom. The third-order valence-electron chi connectivity index (χ3n) is 8.65. The van der Waals surface area contributed by atoms with Crippen LogP contribution in [0.5, 0.6) is 0 Å². The highest BCUT2D eigenvalue weighted by Crippen LogP contribution is 2.64. The summed E-state index contributed by atoms with van der Waals surface area (Å²) in [5, 5.41) is 35.0. The Morgan fingerprint density at radius 3 is 1.55 bits per heavy atom. The molecule has 0 aromatic carbocycles. The monoisotopic (exact) mass is 819 g/mol. The SMILES string of the molecule is O=C(CCC(F)(F)C(F)(F)C(F)(F)C(F)(F)C(F)(F)C(F)(F)C(F)(F)C(F)(F)F)NCCCCCCCCCN[C@@H]1[C@H](O)[C@@H](O)[C@H](O)[C@H]2COC(=O)N21. The molecule has 0 aromatic heterocycles. The predicted molar refractivity (Wildman–Crippen MR) is 142 cm³/mol. The lowest BCUT2D eigenvalue weighted by atomic mass is 9.88. The van der Waals surface area contributed by atoms with Crippen molar-refractivity contribution in [2.45, 2.75) is 136 Å². The van der Waals surface area contributed by atoms with Gasteiger partial charge < -0.3 is 25.4 Å². The maximum absolute atomic E-state index is 14.0. The first kappa shape index (κ1) is 46.5. The molecule has 5 atom stereocenters. The van der Waals surface area contributed by atoms with Crippen molar-refractivity contribution in [1.82, 2.24) is 15.5 Å². The Labute approximate surface area is 288 Å². The first-order valence-corrected chi connectivity index (χ1v) is 15.6. The predicted octanol–water partition coefficient (Wildman–Crippen LogP) is 5.46. The van der Waals surface area contributed by atoms with Crippen LogP contribution in [0.25, 0.3) is 0 Å². The zero-order valence-corrected chi connectivity index (χ0v) is 26.8. The third-order valence-corrected chi connectivity index (χ3v) is 8.65. The van der Waals surface area contributed by atoms with Gasteiger partial charge in [-0.2, -0.15) is 74.6 Å². The average molecular weight is 820 g/mol. The van der Waals surface area contributed by atoms with E-state index in [1.165, 1.54) is 0 Å². The van der Waals surface area contributed by atoms with Crippen LogP contribution < -0.4 is 10.6 Å². The number of ether oxygens (including phenoxy) is 1. The van der Waals surface area contributed by atoms with Gasteiger partial charge in [0.25, 0.3) is 0 Å². The number of nitrogens with zero attached hydrogens (tertiary/aromatic N) is 1. The molecule has 312 valence electrons.